The summed E-state index contributed by atoms with van der Waals surface area (Å²) in [5, 5.41) is 18.1. The third-order valence-corrected chi connectivity index (χ3v) is 2.06. The Bertz CT molecular complexity index is 249. The first-order valence-corrected chi connectivity index (χ1v) is 4.14. The minimum atomic E-state index is -0.918. The quantitative estimate of drug-likeness (QED) is 0.716. The standard InChI is InChI=1S/C6H8N2O3S/c9-4(1-2-5(10)11)6-7-3-8-12-6/h3-4,9H,1-2H2,(H,10,11). The fraction of sp³-hybridized carbons (Fsp3) is 0.500. The van der Waals surface area contributed by atoms with Crippen LogP contribution in [0.15, 0.2) is 6.33 Å². The van der Waals surface area contributed by atoms with Crippen molar-refractivity contribution >= 4 is 17.5 Å². The van der Waals surface area contributed by atoms with Crippen LogP contribution in [0, 0.1) is 0 Å². The number of hydrogen-bond acceptors (Lipinski definition) is 5. The third kappa shape index (κ3) is 2.55. The van der Waals surface area contributed by atoms with Gasteiger partial charge in [0.1, 0.15) is 17.4 Å². The third-order valence-electron chi connectivity index (χ3n) is 1.30. The van der Waals surface area contributed by atoms with Gasteiger partial charge >= 0.3 is 5.97 Å². The summed E-state index contributed by atoms with van der Waals surface area (Å²) >= 11 is 1.08. The van der Waals surface area contributed by atoms with Crippen molar-refractivity contribution in [2.24, 2.45) is 0 Å². The van der Waals surface area contributed by atoms with Crippen LogP contribution in [0.25, 0.3) is 0 Å². The van der Waals surface area contributed by atoms with Crippen molar-refractivity contribution in [2.75, 3.05) is 0 Å². The van der Waals surface area contributed by atoms with Gasteiger partial charge in [0.15, 0.2) is 0 Å². The Kier molecular flexibility index (Phi) is 3.12. The van der Waals surface area contributed by atoms with Crippen LogP contribution in [-0.2, 0) is 4.79 Å². The van der Waals surface area contributed by atoms with Gasteiger partial charge in [0, 0.05) is 6.42 Å². The molecule has 0 aromatic carbocycles. The van der Waals surface area contributed by atoms with E-state index in [9.17, 15) is 9.90 Å². The number of carbonyl (C=O) groups is 1. The predicted molar refractivity (Wildman–Crippen MR) is 41.7 cm³/mol. The smallest absolute Gasteiger partial charge is 0.303 e. The van der Waals surface area contributed by atoms with Crippen molar-refractivity contribution in [3.05, 3.63) is 11.3 Å². The molecule has 12 heavy (non-hydrogen) atoms. The van der Waals surface area contributed by atoms with E-state index in [1.165, 1.54) is 6.33 Å². The monoisotopic (exact) mass is 188 g/mol. The number of rotatable bonds is 4. The molecule has 0 aliphatic carbocycles. The lowest BCUT2D eigenvalue weighted by Crippen LogP contribution is -2.01. The molecule has 66 valence electrons. The lowest BCUT2D eigenvalue weighted by atomic mass is 10.2. The SMILES string of the molecule is O=C(O)CCC(O)c1ncns1. The average molecular weight is 188 g/mol. The van der Waals surface area contributed by atoms with Crippen molar-refractivity contribution < 1.29 is 15.0 Å². The Morgan fingerprint density at radius 1 is 1.75 bits per heavy atom. The zero-order valence-electron chi connectivity index (χ0n) is 6.17. The van der Waals surface area contributed by atoms with E-state index in [4.69, 9.17) is 5.11 Å². The normalized spacial score (nSPS) is 12.8. The summed E-state index contributed by atoms with van der Waals surface area (Å²) in [6.07, 6.45) is 0.670. The van der Waals surface area contributed by atoms with E-state index in [1.54, 1.807) is 0 Å². The first-order chi connectivity index (χ1) is 5.70. The van der Waals surface area contributed by atoms with Gasteiger partial charge in [-0.3, -0.25) is 4.79 Å². The largest absolute Gasteiger partial charge is 0.481 e. The topological polar surface area (TPSA) is 83.3 Å². The van der Waals surface area contributed by atoms with Crippen LogP contribution in [0.5, 0.6) is 0 Å². The first-order valence-electron chi connectivity index (χ1n) is 3.36. The van der Waals surface area contributed by atoms with Crippen LogP contribution in [0.1, 0.15) is 24.0 Å². The summed E-state index contributed by atoms with van der Waals surface area (Å²) in [5.41, 5.74) is 0. The molecule has 0 bridgehead atoms. The molecule has 1 unspecified atom stereocenters. The number of aliphatic carboxylic acids is 1. The Balaban J connectivity index is 2.39. The van der Waals surface area contributed by atoms with Gasteiger partial charge in [0.2, 0.25) is 0 Å². The van der Waals surface area contributed by atoms with E-state index in [0.29, 0.717) is 5.01 Å². The molecule has 0 radical (unpaired) electrons. The zero-order valence-corrected chi connectivity index (χ0v) is 6.99. The van der Waals surface area contributed by atoms with E-state index >= 15 is 0 Å². The molecule has 0 aliphatic rings. The van der Waals surface area contributed by atoms with Gasteiger partial charge in [-0.15, -0.1) is 0 Å². The molecule has 0 saturated heterocycles. The molecule has 0 spiro atoms. The second-order valence-corrected chi connectivity index (χ2v) is 3.04. The maximum absolute atomic E-state index is 10.1. The molecule has 0 amide bonds. The molecule has 2 N–H and O–H groups in total. The number of carboxylic acid groups (broad SMARTS) is 1. The molecule has 6 heteroatoms. The summed E-state index contributed by atoms with van der Waals surface area (Å²) < 4.78 is 3.69. The maximum Gasteiger partial charge on any atom is 0.303 e. The minimum absolute atomic E-state index is 0.0548. The van der Waals surface area contributed by atoms with Crippen LogP contribution in [0.3, 0.4) is 0 Å². The van der Waals surface area contributed by atoms with Crippen molar-refractivity contribution in [1.82, 2.24) is 9.36 Å². The molecule has 5 nitrogen and oxygen atoms in total. The molecule has 1 atom stereocenters. The van der Waals surface area contributed by atoms with Gasteiger partial charge in [-0.1, -0.05) is 0 Å². The molecule has 1 aromatic rings. The number of aliphatic hydroxyl groups is 1. The Labute approximate surface area is 72.9 Å². The molecule has 1 heterocycles. The lowest BCUT2D eigenvalue weighted by molar-refractivity contribution is -0.137. The Morgan fingerprint density at radius 2 is 2.50 bits per heavy atom. The molecule has 0 aliphatic heterocycles. The lowest BCUT2D eigenvalue weighted by Gasteiger charge is -2.02. The van der Waals surface area contributed by atoms with Gasteiger partial charge in [0.25, 0.3) is 0 Å². The van der Waals surface area contributed by atoms with E-state index < -0.39 is 12.1 Å². The van der Waals surface area contributed by atoms with Crippen molar-refractivity contribution in [3.63, 3.8) is 0 Å². The summed E-state index contributed by atoms with van der Waals surface area (Å²) in [5.74, 6) is -0.918. The maximum atomic E-state index is 10.1. The summed E-state index contributed by atoms with van der Waals surface area (Å²) in [4.78, 5) is 13.9. The van der Waals surface area contributed by atoms with Crippen LogP contribution >= 0.6 is 11.5 Å². The molecule has 0 saturated carbocycles. The molecule has 1 rings (SSSR count). The minimum Gasteiger partial charge on any atom is -0.481 e. The van der Waals surface area contributed by atoms with Gasteiger partial charge in [0.05, 0.1) is 0 Å². The average Bonchev–Trinajstić information content (AvgIpc) is 2.51. The summed E-state index contributed by atoms with van der Waals surface area (Å²) in [6.45, 7) is 0. The van der Waals surface area contributed by atoms with Gasteiger partial charge in [-0.05, 0) is 18.0 Å². The summed E-state index contributed by atoms with van der Waals surface area (Å²) in [6, 6.07) is 0. The number of hydrogen-bond donors (Lipinski definition) is 2. The van der Waals surface area contributed by atoms with Gasteiger partial charge in [-0.2, -0.15) is 4.37 Å². The van der Waals surface area contributed by atoms with Crippen molar-refractivity contribution in [2.45, 2.75) is 18.9 Å². The highest BCUT2D eigenvalue weighted by atomic mass is 32.1. The van der Waals surface area contributed by atoms with Gasteiger partial charge < -0.3 is 10.2 Å². The van der Waals surface area contributed by atoms with Gasteiger partial charge in [-0.25, -0.2) is 4.98 Å². The second-order valence-electron chi connectivity index (χ2n) is 2.23. The summed E-state index contributed by atoms with van der Waals surface area (Å²) in [7, 11) is 0. The molecule has 1 aromatic heterocycles. The van der Waals surface area contributed by atoms with E-state index in [-0.39, 0.29) is 12.8 Å². The number of aliphatic hydroxyl groups excluding tert-OH is 1. The van der Waals surface area contributed by atoms with Crippen LogP contribution in [-0.4, -0.2) is 25.5 Å². The highest BCUT2D eigenvalue weighted by Crippen LogP contribution is 2.17. The van der Waals surface area contributed by atoms with E-state index in [0.717, 1.165) is 11.5 Å². The van der Waals surface area contributed by atoms with Crippen LogP contribution in [0.2, 0.25) is 0 Å². The number of carboxylic acids is 1. The first kappa shape index (κ1) is 9.08. The highest BCUT2D eigenvalue weighted by Gasteiger charge is 2.12. The number of aromatic nitrogens is 2. The van der Waals surface area contributed by atoms with Crippen LogP contribution in [0.4, 0.5) is 0 Å². The fourth-order valence-electron chi connectivity index (χ4n) is 0.712. The van der Waals surface area contributed by atoms with Crippen molar-refractivity contribution in [3.8, 4) is 0 Å². The van der Waals surface area contributed by atoms with E-state index in [1.807, 2.05) is 0 Å². The Morgan fingerprint density at radius 3 is 3.00 bits per heavy atom. The Hall–Kier alpha value is -1.01. The molecule has 0 fully saturated rings. The highest BCUT2D eigenvalue weighted by molar-refractivity contribution is 7.05. The zero-order chi connectivity index (χ0) is 8.97. The van der Waals surface area contributed by atoms with Crippen LogP contribution < -0.4 is 0 Å². The van der Waals surface area contributed by atoms with E-state index in [2.05, 4.69) is 9.36 Å². The molecular formula is C6H8N2O3S. The predicted octanol–water partition coefficient (Wildman–Crippen LogP) is 0.436. The molecular weight excluding hydrogens is 180 g/mol. The fourth-order valence-corrected chi connectivity index (χ4v) is 1.25. The van der Waals surface area contributed by atoms with Crippen molar-refractivity contribution in [1.29, 1.82) is 0 Å². The number of nitrogens with zero attached hydrogens (tertiary/aromatic N) is 2. The second kappa shape index (κ2) is 4.13.